The zero-order chi connectivity index (χ0) is 29.5. The van der Waals surface area contributed by atoms with Crippen LogP contribution in [0.2, 0.25) is 0 Å². The fraction of sp³-hybridized carbons (Fsp3) is 0.361. The molecule has 0 fully saturated rings. The number of hydrogen-bond acceptors (Lipinski definition) is 4. The van der Waals surface area contributed by atoms with E-state index in [1.165, 1.54) is 22.3 Å². The fourth-order valence-corrected chi connectivity index (χ4v) is 4.35. The quantitative estimate of drug-likeness (QED) is 0.228. The summed E-state index contributed by atoms with van der Waals surface area (Å²) in [6.07, 6.45) is 13.6. The van der Waals surface area contributed by atoms with Gasteiger partial charge in [0.25, 0.3) is 0 Å². The Morgan fingerprint density at radius 2 is 1.65 bits per heavy atom. The second-order valence-corrected chi connectivity index (χ2v) is 9.69. The molecule has 0 amide bonds. The molecule has 212 valence electrons. The van der Waals surface area contributed by atoms with Crippen LogP contribution in [0.25, 0.3) is 27.9 Å². The molecule has 0 saturated heterocycles. The lowest BCUT2D eigenvalue weighted by atomic mass is 9.91. The van der Waals surface area contributed by atoms with E-state index in [4.69, 9.17) is 4.98 Å². The zero-order valence-electron chi connectivity index (χ0n) is 26.0. The number of nitrogens with one attached hydrogen (secondary N) is 1. The summed E-state index contributed by atoms with van der Waals surface area (Å²) in [7, 11) is 0. The normalized spacial score (nSPS) is 11.9. The fourth-order valence-electron chi connectivity index (χ4n) is 4.35. The highest BCUT2D eigenvalue weighted by Gasteiger charge is 2.15. The van der Waals surface area contributed by atoms with Gasteiger partial charge in [0, 0.05) is 53.3 Å². The first-order valence-corrected chi connectivity index (χ1v) is 14.7. The van der Waals surface area contributed by atoms with Crippen LogP contribution >= 0.6 is 0 Å². The highest BCUT2D eigenvalue weighted by molar-refractivity contribution is 5.81. The molecule has 1 aromatic carbocycles. The minimum absolute atomic E-state index is 0.503. The number of hydrogen-bond donors (Lipinski definition) is 1. The summed E-state index contributed by atoms with van der Waals surface area (Å²) in [6.45, 7) is 19.8. The smallest absolute Gasteiger partial charge is 0.0885 e. The van der Waals surface area contributed by atoms with Crippen molar-refractivity contribution in [3.63, 3.8) is 0 Å². The van der Waals surface area contributed by atoms with Crippen LogP contribution in [0, 0.1) is 13.8 Å². The molecule has 0 aliphatic carbocycles. The van der Waals surface area contributed by atoms with Crippen molar-refractivity contribution < 1.29 is 0 Å². The van der Waals surface area contributed by atoms with Gasteiger partial charge >= 0.3 is 0 Å². The van der Waals surface area contributed by atoms with Gasteiger partial charge in [-0.1, -0.05) is 75.8 Å². The molecule has 40 heavy (non-hydrogen) atoms. The van der Waals surface area contributed by atoms with Crippen LogP contribution in [0.5, 0.6) is 0 Å². The molecule has 1 N–H and O–H groups in total. The van der Waals surface area contributed by atoms with Gasteiger partial charge in [0.05, 0.1) is 17.4 Å². The second-order valence-electron chi connectivity index (χ2n) is 9.69. The number of rotatable bonds is 8. The zero-order valence-corrected chi connectivity index (χ0v) is 26.0. The number of aromatic nitrogens is 3. The molecule has 0 radical (unpaired) electrons. The van der Waals surface area contributed by atoms with Crippen LogP contribution in [0.3, 0.4) is 0 Å². The van der Waals surface area contributed by atoms with Crippen LogP contribution in [-0.4, -0.2) is 21.5 Å². The van der Waals surface area contributed by atoms with Crippen LogP contribution in [-0.2, 0) is 6.42 Å². The maximum absolute atomic E-state index is 5.11. The van der Waals surface area contributed by atoms with Crippen molar-refractivity contribution >= 4 is 16.6 Å². The Morgan fingerprint density at radius 3 is 2.27 bits per heavy atom. The van der Waals surface area contributed by atoms with Crippen molar-refractivity contribution in [1.82, 2.24) is 20.3 Å². The average Bonchev–Trinajstić information content (AvgIpc) is 3.01. The molecule has 4 aromatic rings. The Kier molecular flexibility index (Phi) is 13.8. The van der Waals surface area contributed by atoms with Gasteiger partial charge in [-0.15, -0.1) is 0 Å². The van der Waals surface area contributed by atoms with Crippen LogP contribution in [0.1, 0.15) is 88.8 Å². The molecule has 0 saturated carbocycles. The molecule has 0 aliphatic rings. The highest BCUT2D eigenvalue weighted by Crippen LogP contribution is 2.31. The van der Waals surface area contributed by atoms with Gasteiger partial charge < -0.3 is 5.32 Å². The van der Waals surface area contributed by atoms with E-state index in [0.29, 0.717) is 5.92 Å². The molecule has 3 aromatic heterocycles. The third kappa shape index (κ3) is 8.87. The van der Waals surface area contributed by atoms with Crippen LogP contribution < -0.4 is 5.32 Å². The molecule has 0 spiro atoms. The first kappa shape index (κ1) is 32.4. The number of aryl methyl sites for hydroxylation is 1. The number of allylic oxidation sites excluding steroid dienone is 3. The molecule has 1 unspecified atom stereocenters. The lowest BCUT2D eigenvalue weighted by molar-refractivity contribution is 0.721. The summed E-state index contributed by atoms with van der Waals surface area (Å²) in [5.41, 5.74) is 10.5. The lowest BCUT2D eigenvalue weighted by Crippen LogP contribution is -2.17. The average molecular weight is 537 g/mol. The third-order valence-electron chi connectivity index (χ3n) is 6.95. The summed E-state index contributed by atoms with van der Waals surface area (Å²) in [6, 6.07) is 15.2. The number of pyridine rings is 3. The van der Waals surface area contributed by atoms with Gasteiger partial charge in [-0.2, -0.15) is 0 Å². The first-order valence-electron chi connectivity index (χ1n) is 14.7. The Bertz CT molecular complexity index is 1380. The summed E-state index contributed by atoms with van der Waals surface area (Å²) in [4.78, 5) is 13.8. The number of benzene rings is 1. The van der Waals surface area contributed by atoms with Crippen molar-refractivity contribution in [2.75, 3.05) is 6.54 Å². The molecular formula is C36H48N4. The molecular weight excluding hydrogens is 488 g/mol. The maximum atomic E-state index is 5.11. The van der Waals surface area contributed by atoms with Crippen molar-refractivity contribution in [1.29, 1.82) is 0 Å². The minimum atomic E-state index is 0.503. The van der Waals surface area contributed by atoms with Gasteiger partial charge in [0.2, 0.25) is 0 Å². The van der Waals surface area contributed by atoms with E-state index in [1.807, 2.05) is 52.1 Å². The molecule has 0 bridgehead atoms. The monoisotopic (exact) mass is 536 g/mol. The Morgan fingerprint density at radius 1 is 0.950 bits per heavy atom. The number of fused-ring (bicyclic) bond motifs is 1. The van der Waals surface area contributed by atoms with Crippen molar-refractivity contribution in [3.05, 3.63) is 107 Å². The molecule has 4 rings (SSSR count). The van der Waals surface area contributed by atoms with E-state index >= 15 is 0 Å². The van der Waals surface area contributed by atoms with E-state index in [0.717, 1.165) is 52.9 Å². The Labute approximate surface area is 242 Å². The van der Waals surface area contributed by atoms with Crippen molar-refractivity contribution in [2.45, 2.75) is 81.1 Å². The van der Waals surface area contributed by atoms with Crippen LogP contribution in [0.4, 0.5) is 0 Å². The Hall–Kier alpha value is -3.79. The molecule has 4 nitrogen and oxygen atoms in total. The topological polar surface area (TPSA) is 50.7 Å². The van der Waals surface area contributed by atoms with Crippen molar-refractivity contribution in [2.24, 2.45) is 0 Å². The van der Waals surface area contributed by atoms with E-state index in [9.17, 15) is 0 Å². The van der Waals surface area contributed by atoms with E-state index in [-0.39, 0.29) is 0 Å². The molecule has 0 aliphatic heterocycles. The maximum Gasteiger partial charge on any atom is 0.0885 e. The standard InChI is InChI=1S/C30H34N4.C4H8.C2H6/c1-6-21(4)27-17-26(34-30(22(27)5)23-10-8-20(3)9-11-23)13-15-32-28(7-2)25-16-24-12-14-31-19-29(24)33-18-25;1-3-4-2;1-2/h7-12,14,16-19,21,32H,6,13,15H2,1-5H3;3-4H,1-2H3;1-2H3. The summed E-state index contributed by atoms with van der Waals surface area (Å²) < 4.78 is 0. The van der Waals surface area contributed by atoms with Crippen molar-refractivity contribution in [3.8, 4) is 11.3 Å². The van der Waals surface area contributed by atoms with Crippen LogP contribution in [0.15, 0.2) is 79.3 Å². The van der Waals surface area contributed by atoms with Gasteiger partial charge in [0.15, 0.2) is 0 Å². The largest absolute Gasteiger partial charge is 0.384 e. The highest BCUT2D eigenvalue weighted by atomic mass is 14.9. The third-order valence-corrected chi connectivity index (χ3v) is 6.95. The van der Waals surface area contributed by atoms with E-state index < -0.39 is 0 Å². The van der Waals surface area contributed by atoms with Gasteiger partial charge in [-0.3, -0.25) is 15.0 Å². The lowest BCUT2D eigenvalue weighted by Gasteiger charge is -2.19. The van der Waals surface area contributed by atoms with Gasteiger partial charge in [-0.25, -0.2) is 0 Å². The number of nitrogens with zero attached hydrogens (tertiary/aromatic N) is 3. The van der Waals surface area contributed by atoms with E-state index in [1.54, 1.807) is 12.4 Å². The molecule has 3 heterocycles. The van der Waals surface area contributed by atoms with Gasteiger partial charge in [0.1, 0.15) is 0 Å². The first-order chi connectivity index (χ1) is 19.4. The SMILES string of the molecule is CC.CC=C(NCCc1cc(C(C)CC)c(C)c(-c2ccc(C)cc2)n1)c1cnc2cnccc2c1.CC=CC. The molecule has 1 atom stereocenters. The Balaban J connectivity index is 0.000000858. The van der Waals surface area contributed by atoms with E-state index in [2.05, 4.69) is 92.4 Å². The summed E-state index contributed by atoms with van der Waals surface area (Å²) >= 11 is 0. The predicted molar refractivity (Wildman–Crippen MR) is 175 cm³/mol. The van der Waals surface area contributed by atoms with Gasteiger partial charge in [-0.05, 0) is 76.3 Å². The predicted octanol–water partition coefficient (Wildman–Crippen LogP) is 9.62. The summed E-state index contributed by atoms with van der Waals surface area (Å²) in [5, 5.41) is 4.70. The summed E-state index contributed by atoms with van der Waals surface area (Å²) in [5.74, 6) is 0.503. The minimum Gasteiger partial charge on any atom is -0.384 e. The second kappa shape index (κ2) is 17.0. The molecule has 4 heteroatoms.